The molecule has 0 atom stereocenters. The molecular formula is C16H15NO2. The van der Waals surface area contributed by atoms with Crippen molar-refractivity contribution in [1.29, 1.82) is 0 Å². The van der Waals surface area contributed by atoms with Crippen LogP contribution in [0.3, 0.4) is 0 Å². The van der Waals surface area contributed by atoms with Crippen LogP contribution >= 0.6 is 0 Å². The van der Waals surface area contributed by atoms with Crippen molar-refractivity contribution < 1.29 is 9.15 Å². The summed E-state index contributed by atoms with van der Waals surface area (Å²) in [6.45, 7) is 0.726. The molecule has 0 bridgehead atoms. The third-order valence-electron chi connectivity index (χ3n) is 2.87. The number of fused-ring (bicyclic) bond motifs is 1. The number of furan rings is 1. The van der Waals surface area contributed by atoms with Gasteiger partial charge >= 0.3 is 0 Å². The molecule has 3 rings (SSSR count). The second-order valence-electron chi connectivity index (χ2n) is 4.36. The maximum absolute atomic E-state index is 5.80. The topological polar surface area (TPSA) is 34.4 Å². The lowest BCUT2D eigenvalue weighted by Crippen LogP contribution is -2.03. The number of hydrogen-bond donors (Lipinski definition) is 1. The van der Waals surface area contributed by atoms with Gasteiger partial charge in [0.05, 0.1) is 6.54 Å². The highest BCUT2D eigenvalue weighted by Gasteiger charge is 2.05. The highest BCUT2D eigenvalue weighted by molar-refractivity contribution is 5.79. The van der Waals surface area contributed by atoms with E-state index < -0.39 is 0 Å². The minimum atomic E-state index is 0.726. The summed E-state index contributed by atoms with van der Waals surface area (Å²) in [5.74, 6) is 2.57. The fourth-order valence-corrected chi connectivity index (χ4v) is 2.03. The van der Waals surface area contributed by atoms with E-state index in [1.165, 1.54) is 0 Å². The van der Waals surface area contributed by atoms with Gasteiger partial charge in [0.2, 0.25) is 0 Å². The van der Waals surface area contributed by atoms with Crippen molar-refractivity contribution >= 4 is 11.0 Å². The van der Waals surface area contributed by atoms with Crippen LogP contribution in [0.2, 0.25) is 0 Å². The average molecular weight is 253 g/mol. The van der Waals surface area contributed by atoms with Crippen LogP contribution in [0.4, 0.5) is 0 Å². The number of benzene rings is 2. The Morgan fingerprint density at radius 1 is 1.00 bits per heavy atom. The number of ether oxygens (including phenoxy) is 1. The van der Waals surface area contributed by atoms with Crippen LogP contribution in [-0.2, 0) is 6.54 Å². The Morgan fingerprint density at radius 2 is 1.84 bits per heavy atom. The summed E-state index contributed by atoms with van der Waals surface area (Å²) >= 11 is 0. The molecule has 3 aromatic rings. The highest BCUT2D eigenvalue weighted by atomic mass is 16.5. The van der Waals surface area contributed by atoms with Crippen molar-refractivity contribution in [2.75, 3.05) is 7.05 Å². The largest absolute Gasteiger partial charge is 0.460 e. The Balaban J connectivity index is 1.88. The molecule has 0 saturated carbocycles. The Labute approximate surface area is 111 Å². The first-order chi connectivity index (χ1) is 9.35. The van der Waals surface area contributed by atoms with Gasteiger partial charge in [0, 0.05) is 5.39 Å². The summed E-state index contributed by atoms with van der Waals surface area (Å²) in [5.41, 5.74) is 0.880. The molecule has 0 aliphatic rings. The number of para-hydroxylation sites is 1. The number of nitrogens with one attached hydrogen (secondary N) is 1. The molecule has 0 amide bonds. The summed E-state index contributed by atoms with van der Waals surface area (Å²) in [6.07, 6.45) is 0. The van der Waals surface area contributed by atoms with Gasteiger partial charge in [-0.15, -0.1) is 0 Å². The van der Waals surface area contributed by atoms with Crippen molar-refractivity contribution in [3.05, 3.63) is 60.4 Å². The third kappa shape index (κ3) is 2.61. The minimum absolute atomic E-state index is 0.726. The van der Waals surface area contributed by atoms with E-state index in [0.717, 1.165) is 34.8 Å². The van der Waals surface area contributed by atoms with E-state index in [-0.39, 0.29) is 0 Å². The Kier molecular flexibility index (Phi) is 3.21. The molecule has 96 valence electrons. The molecular weight excluding hydrogens is 238 g/mol. The maximum atomic E-state index is 5.80. The standard InChI is InChI=1S/C16H15NO2/c1-17-11-15-10-12-9-14(7-8-16(12)19-15)18-13-5-3-2-4-6-13/h2-10,17H,11H2,1H3. The van der Waals surface area contributed by atoms with Crippen LogP contribution < -0.4 is 10.1 Å². The second-order valence-corrected chi connectivity index (χ2v) is 4.36. The lowest BCUT2D eigenvalue weighted by molar-refractivity contribution is 0.483. The SMILES string of the molecule is CNCc1cc2cc(Oc3ccccc3)ccc2o1. The molecule has 0 aliphatic carbocycles. The lowest BCUT2D eigenvalue weighted by Gasteiger charge is -2.04. The quantitative estimate of drug-likeness (QED) is 0.764. The summed E-state index contributed by atoms with van der Waals surface area (Å²) in [6, 6.07) is 17.6. The molecule has 0 fully saturated rings. The van der Waals surface area contributed by atoms with Gasteiger partial charge in [-0.3, -0.25) is 0 Å². The Bertz CT molecular complexity index is 674. The summed E-state index contributed by atoms with van der Waals surface area (Å²) in [7, 11) is 1.90. The molecule has 19 heavy (non-hydrogen) atoms. The molecule has 0 unspecified atom stereocenters. The van der Waals surface area contributed by atoms with Crippen molar-refractivity contribution in [3.8, 4) is 11.5 Å². The molecule has 1 heterocycles. The molecule has 3 nitrogen and oxygen atoms in total. The molecule has 0 aliphatic heterocycles. The van der Waals surface area contributed by atoms with Gasteiger partial charge in [0.25, 0.3) is 0 Å². The normalized spacial score (nSPS) is 10.8. The van der Waals surface area contributed by atoms with Gasteiger partial charge in [0.1, 0.15) is 22.8 Å². The molecule has 0 radical (unpaired) electrons. The molecule has 1 N–H and O–H groups in total. The van der Waals surface area contributed by atoms with E-state index in [2.05, 4.69) is 5.32 Å². The zero-order valence-electron chi connectivity index (χ0n) is 10.7. The zero-order valence-corrected chi connectivity index (χ0v) is 10.7. The maximum Gasteiger partial charge on any atom is 0.134 e. The fraction of sp³-hybridized carbons (Fsp3) is 0.125. The predicted octanol–water partition coefficient (Wildman–Crippen LogP) is 3.94. The van der Waals surface area contributed by atoms with Gasteiger partial charge in [-0.05, 0) is 43.4 Å². The van der Waals surface area contributed by atoms with Gasteiger partial charge in [-0.1, -0.05) is 18.2 Å². The van der Waals surface area contributed by atoms with Crippen LogP contribution in [0, 0.1) is 0 Å². The Hall–Kier alpha value is -2.26. The summed E-state index contributed by atoms with van der Waals surface area (Å²) in [4.78, 5) is 0. The predicted molar refractivity (Wildman–Crippen MR) is 75.5 cm³/mol. The van der Waals surface area contributed by atoms with E-state index in [1.807, 2.05) is 61.6 Å². The van der Waals surface area contributed by atoms with Crippen LogP contribution in [0.1, 0.15) is 5.76 Å². The van der Waals surface area contributed by atoms with Crippen LogP contribution in [-0.4, -0.2) is 7.05 Å². The molecule has 0 spiro atoms. The minimum Gasteiger partial charge on any atom is -0.460 e. The monoisotopic (exact) mass is 253 g/mol. The van der Waals surface area contributed by atoms with Gasteiger partial charge in [0.15, 0.2) is 0 Å². The third-order valence-corrected chi connectivity index (χ3v) is 2.87. The second kappa shape index (κ2) is 5.16. The smallest absolute Gasteiger partial charge is 0.134 e. The zero-order chi connectivity index (χ0) is 13.1. The summed E-state index contributed by atoms with van der Waals surface area (Å²) in [5, 5.41) is 4.13. The first-order valence-electron chi connectivity index (χ1n) is 6.25. The van der Waals surface area contributed by atoms with E-state index in [9.17, 15) is 0 Å². The Morgan fingerprint density at radius 3 is 2.63 bits per heavy atom. The van der Waals surface area contributed by atoms with Crippen molar-refractivity contribution in [3.63, 3.8) is 0 Å². The van der Waals surface area contributed by atoms with Crippen molar-refractivity contribution in [1.82, 2.24) is 5.32 Å². The first kappa shape index (κ1) is 11.8. The molecule has 0 saturated heterocycles. The highest BCUT2D eigenvalue weighted by Crippen LogP contribution is 2.27. The number of rotatable bonds is 4. The molecule has 2 aromatic carbocycles. The van der Waals surface area contributed by atoms with Crippen molar-refractivity contribution in [2.45, 2.75) is 6.54 Å². The molecule has 1 aromatic heterocycles. The van der Waals surface area contributed by atoms with Gasteiger partial charge < -0.3 is 14.5 Å². The average Bonchev–Trinajstić information content (AvgIpc) is 2.82. The van der Waals surface area contributed by atoms with Crippen LogP contribution in [0.5, 0.6) is 11.5 Å². The van der Waals surface area contributed by atoms with Gasteiger partial charge in [-0.2, -0.15) is 0 Å². The van der Waals surface area contributed by atoms with Crippen molar-refractivity contribution in [2.24, 2.45) is 0 Å². The van der Waals surface area contributed by atoms with E-state index in [4.69, 9.17) is 9.15 Å². The first-order valence-corrected chi connectivity index (χ1v) is 6.25. The van der Waals surface area contributed by atoms with E-state index in [0.29, 0.717) is 0 Å². The molecule has 3 heteroatoms. The fourth-order valence-electron chi connectivity index (χ4n) is 2.03. The van der Waals surface area contributed by atoms with E-state index >= 15 is 0 Å². The van der Waals surface area contributed by atoms with Crippen LogP contribution in [0.25, 0.3) is 11.0 Å². The van der Waals surface area contributed by atoms with E-state index in [1.54, 1.807) is 0 Å². The lowest BCUT2D eigenvalue weighted by atomic mass is 10.2. The van der Waals surface area contributed by atoms with Crippen LogP contribution in [0.15, 0.2) is 59.0 Å². The number of hydrogen-bond acceptors (Lipinski definition) is 3. The summed E-state index contributed by atoms with van der Waals surface area (Å²) < 4.78 is 11.5. The van der Waals surface area contributed by atoms with Gasteiger partial charge in [-0.25, -0.2) is 0 Å².